The molecule has 10 heteroatoms. The molecule has 0 saturated carbocycles. The number of pyridine rings is 2. The lowest BCUT2D eigenvalue weighted by Gasteiger charge is -2.35. The maximum Gasteiger partial charge on any atom is 0.253 e. The van der Waals surface area contributed by atoms with E-state index in [4.69, 9.17) is 5.73 Å². The molecule has 2 fully saturated rings. The zero-order chi connectivity index (χ0) is 26.8. The van der Waals surface area contributed by atoms with Gasteiger partial charge in [0.05, 0.1) is 4.90 Å². The number of amides is 1. The van der Waals surface area contributed by atoms with Gasteiger partial charge in [0.1, 0.15) is 17.2 Å². The van der Waals surface area contributed by atoms with Crippen LogP contribution in [0.5, 0.6) is 0 Å². The monoisotopic (exact) mass is 528 g/mol. The number of sulfone groups is 1. The molecular weight excluding hydrogens is 488 g/mol. The molecule has 0 aromatic carbocycles. The number of hydrogen-bond acceptors (Lipinski definition) is 8. The Labute approximate surface area is 221 Å². The highest BCUT2D eigenvalue weighted by molar-refractivity contribution is 7.91. The van der Waals surface area contributed by atoms with Crippen molar-refractivity contribution in [1.29, 1.82) is 0 Å². The molecule has 2 aliphatic heterocycles. The molecule has 2 aromatic heterocycles. The van der Waals surface area contributed by atoms with Crippen molar-refractivity contribution in [2.75, 3.05) is 49.1 Å². The standard InChI is InChI=1S/C27H40N6O3S/c1-5-6-7-13-31-14-16-32(17-15-31)22-9-8-10-23(30-22)37(35,36)21-11-12-29-26(24(21)25(28)34)33-19-20(2)18-27(33,3)4/h8-12,20H,5-7,13-19H2,1-4H3,(H2,28,34). The summed E-state index contributed by atoms with van der Waals surface area (Å²) in [4.78, 5) is 28.1. The first-order valence-corrected chi connectivity index (χ1v) is 14.8. The number of nitrogens with two attached hydrogens (primary N) is 1. The van der Waals surface area contributed by atoms with Crippen molar-refractivity contribution >= 4 is 27.4 Å². The number of aromatic nitrogens is 2. The van der Waals surface area contributed by atoms with Gasteiger partial charge in [-0.1, -0.05) is 32.8 Å². The van der Waals surface area contributed by atoms with Gasteiger partial charge in [0.15, 0.2) is 5.03 Å². The zero-order valence-electron chi connectivity index (χ0n) is 22.5. The molecule has 0 aliphatic carbocycles. The highest BCUT2D eigenvalue weighted by Crippen LogP contribution is 2.39. The zero-order valence-corrected chi connectivity index (χ0v) is 23.3. The number of piperazine rings is 1. The second-order valence-electron chi connectivity index (χ2n) is 11.0. The Morgan fingerprint density at radius 3 is 2.49 bits per heavy atom. The molecule has 9 nitrogen and oxygen atoms in total. The van der Waals surface area contributed by atoms with E-state index >= 15 is 0 Å². The molecule has 37 heavy (non-hydrogen) atoms. The molecule has 4 heterocycles. The van der Waals surface area contributed by atoms with Gasteiger partial charge in [-0.05, 0) is 57.4 Å². The summed E-state index contributed by atoms with van der Waals surface area (Å²) in [5.74, 6) is 0.507. The van der Waals surface area contributed by atoms with E-state index < -0.39 is 15.7 Å². The van der Waals surface area contributed by atoms with Crippen molar-refractivity contribution in [1.82, 2.24) is 14.9 Å². The summed E-state index contributed by atoms with van der Waals surface area (Å²) in [5, 5.41) is -0.0934. The minimum absolute atomic E-state index is 0.0717. The second-order valence-corrected chi connectivity index (χ2v) is 12.8. The molecule has 2 aliphatic rings. The number of carbonyl (C=O) groups is 1. The first kappa shape index (κ1) is 27.3. The van der Waals surface area contributed by atoms with Crippen LogP contribution in [0.2, 0.25) is 0 Å². The molecule has 4 rings (SSSR count). The van der Waals surface area contributed by atoms with Gasteiger partial charge in [-0.3, -0.25) is 9.69 Å². The number of nitrogens with zero attached hydrogens (tertiary/aromatic N) is 5. The van der Waals surface area contributed by atoms with E-state index in [0.29, 0.717) is 24.1 Å². The number of anilines is 2. The van der Waals surface area contributed by atoms with Crippen LogP contribution in [-0.4, -0.2) is 74.0 Å². The summed E-state index contributed by atoms with van der Waals surface area (Å²) < 4.78 is 27.7. The molecule has 1 atom stereocenters. The molecule has 2 aromatic rings. The van der Waals surface area contributed by atoms with E-state index in [1.165, 1.54) is 37.6 Å². The Morgan fingerprint density at radius 1 is 1.14 bits per heavy atom. The average Bonchev–Trinajstić information content (AvgIpc) is 3.15. The van der Waals surface area contributed by atoms with Gasteiger partial charge in [0.2, 0.25) is 9.84 Å². The van der Waals surface area contributed by atoms with Crippen molar-refractivity contribution < 1.29 is 13.2 Å². The number of rotatable bonds is 9. The first-order chi connectivity index (χ1) is 17.5. The normalized spacial score (nSPS) is 20.4. The number of carbonyl (C=O) groups excluding carboxylic acids is 1. The molecule has 0 spiro atoms. The van der Waals surface area contributed by atoms with Crippen molar-refractivity contribution in [3.05, 3.63) is 36.0 Å². The van der Waals surface area contributed by atoms with E-state index in [2.05, 4.69) is 47.5 Å². The van der Waals surface area contributed by atoms with Gasteiger partial charge in [-0.15, -0.1) is 0 Å². The molecule has 2 saturated heterocycles. The quantitative estimate of drug-likeness (QED) is 0.493. The largest absolute Gasteiger partial charge is 0.365 e. The van der Waals surface area contributed by atoms with Crippen LogP contribution >= 0.6 is 0 Å². The van der Waals surface area contributed by atoms with Crippen LogP contribution in [-0.2, 0) is 9.84 Å². The van der Waals surface area contributed by atoms with E-state index in [1.54, 1.807) is 6.07 Å². The number of unbranched alkanes of at least 4 members (excludes halogenated alkanes) is 2. The van der Waals surface area contributed by atoms with Crippen molar-refractivity contribution in [2.24, 2.45) is 11.7 Å². The first-order valence-electron chi connectivity index (χ1n) is 13.3. The van der Waals surface area contributed by atoms with E-state index in [9.17, 15) is 13.2 Å². The summed E-state index contributed by atoms with van der Waals surface area (Å²) in [6, 6.07) is 6.38. The average molecular weight is 529 g/mol. The molecule has 0 radical (unpaired) electrons. The maximum absolute atomic E-state index is 13.8. The minimum Gasteiger partial charge on any atom is -0.365 e. The molecule has 2 N–H and O–H groups in total. The van der Waals surface area contributed by atoms with Gasteiger partial charge in [-0.2, -0.15) is 0 Å². The minimum atomic E-state index is -4.12. The van der Waals surface area contributed by atoms with Crippen LogP contribution in [0.3, 0.4) is 0 Å². The van der Waals surface area contributed by atoms with E-state index in [-0.39, 0.29) is 21.0 Å². The Balaban J connectivity index is 1.63. The van der Waals surface area contributed by atoms with Crippen LogP contribution in [0, 0.1) is 5.92 Å². The van der Waals surface area contributed by atoms with Gasteiger partial charge in [-0.25, -0.2) is 18.4 Å². The fraction of sp³-hybridized carbons (Fsp3) is 0.593. The van der Waals surface area contributed by atoms with E-state index in [1.807, 2.05) is 11.0 Å². The third kappa shape index (κ3) is 5.75. The van der Waals surface area contributed by atoms with Gasteiger partial charge in [0, 0.05) is 44.5 Å². The molecule has 1 unspecified atom stereocenters. The number of primary amides is 1. The van der Waals surface area contributed by atoms with E-state index in [0.717, 1.165) is 39.1 Å². The number of hydrogen-bond donors (Lipinski definition) is 1. The highest BCUT2D eigenvalue weighted by Gasteiger charge is 2.40. The summed E-state index contributed by atoms with van der Waals surface area (Å²) in [5.41, 5.74) is 5.43. The molecular formula is C27H40N6O3S. The highest BCUT2D eigenvalue weighted by atomic mass is 32.2. The lowest BCUT2D eigenvalue weighted by Crippen LogP contribution is -2.47. The Bertz CT molecular complexity index is 1220. The topological polar surface area (TPSA) is 113 Å². The molecule has 0 bridgehead atoms. The lowest BCUT2D eigenvalue weighted by molar-refractivity contribution is 0.0997. The summed E-state index contributed by atoms with van der Waals surface area (Å²) in [6.07, 6.45) is 5.98. The van der Waals surface area contributed by atoms with Crippen LogP contribution in [0.4, 0.5) is 11.6 Å². The molecule has 202 valence electrons. The lowest BCUT2D eigenvalue weighted by atomic mass is 9.97. The third-order valence-electron chi connectivity index (χ3n) is 7.52. The SMILES string of the molecule is CCCCCN1CCN(c2cccc(S(=O)(=O)c3ccnc(N4CC(C)CC4(C)C)c3C(N)=O)n2)CC1. The van der Waals surface area contributed by atoms with Crippen molar-refractivity contribution in [3.63, 3.8) is 0 Å². The summed E-state index contributed by atoms with van der Waals surface area (Å²) in [6.45, 7) is 13.7. The van der Waals surface area contributed by atoms with Crippen LogP contribution in [0.25, 0.3) is 0 Å². The predicted molar refractivity (Wildman–Crippen MR) is 146 cm³/mol. The fourth-order valence-electron chi connectivity index (χ4n) is 5.68. The van der Waals surface area contributed by atoms with Crippen LogP contribution < -0.4 is 15.5 Å². The second kappa shape index (κ2) is 10.9. The van der Waals surface area contributed by atoms with Crippen molar-refractivity contribution in [2.45, 2.75) is 68.8 Å². The van der Waals surface area contributed by atoms with Gasteiger partial charge in [0.25, 0.3) is 5.91 Å². The fourth-order valence-corrected chi connectivity index (χ4v) is 7.08. The Hall–Kier alpha value is -2.72. The summed E-state index contributed by atoms with van der Waals surface area (Å²) in [7, 11) is -4.12. The predicted octanol–water partition coefficient (Wildman–Crippen LogP) is 3.35. The summed E-state index contributed by atoms with van der Waals surface area (Å²) >= 11 is 0. The third-order valence-corrected chi connectivity index (χ3v) is 9.21. The van der Waals surface area contributed by atoms with Gasteiger partial charge < -0.3 is 15.5 Å². The maximum atomic E-state index is 13.8. The van der Waals surface area contributed by atoms with Crippen molar-refractivity contribution in [3.8, 4) is 0 Å². The Morgan fingerprint density at radius 2 is 1.86 bits per heavy atom. The van der Waals surface area contributed by atoms with Gasteiger partial charge >= 0.3 is 0 Å². The Kier molecular flexibility index (Phi) is 8.08. The molecule has 1 amide bonds. The smallest absolute Gasteiger partial charge is 0.253 e. The van der Waals surface area contributed by atoms with Crippen LogP contribution in [0.15, 0.2) is 40.4 Å². The van der Waals surface area contributed by atoms with Crippen LogP contribution in [0.1, 0.15) is 63.7 Å².